The first kappa shape index (κ1) is 14.4. The second kappa shape index (κ2) is 6.45. The molecule has 0 aliphatic carbocycles. The van der Waals surface area contributed by atoms with Gasteiger partial charge in [-0.05, 0) is 24.5 Å². The molecule has 1 aromatic rings. The van der Waals surface area contributed by atoms with Crippen LogP contribution in [0.3, 0.4) is 0 Å². The molecule has 0 bridgehead atoms. The summed E-state index contributed by atoms with van der Waals surface area (Å²) in [6.45, 7) is 0.977. The summed E-state index contributed by atoms with van der Waals surface area (Å²) in [5.74, 6) is -0.782. The first-order valence-electron chi connectivity index (χ1n) is 6.78. The third-order valence-corrected chi connectivity index (χ3v) is 3.50. The van der Waals surface area contributed by atoms with Crippen molar-refractivity contribution in [3.05, 3.63) is 39.7 Å². The summed E-state index contributed by atoms with van der Waals surface area (Å²) >= 11 is 0. The third kappa shape index (κ3) is 3.53. The van der Waals surface area contributed by atoms with Crippen LogP contribution in [0, 0.1) is 15.9 Å². The number of rotatable bonds is 3. The summed E-state index contributed by atoms with van der Waals surface area (Å²) in [4.78, 5) is 23.5. The quantitative estimate of drug-likeness (QED) is 0.631. The maximum atomic E-state index is 13.6. The lowest BCUT2D eigenvalue weighted by Crippen LogP contribution is -2.32. The van der Waals surface area contributed by atoms with Crippen LogP contribution in [0.1, 0.15) is 37.7 Å². The fourth-order valence-electron chi connectivity index (χ4n) is 2.40. The van der Waals surface area contributed by atoms with Gasteiger partial charge in [0.1, 0.15) is 0 Å². The van der Waals surface area contributed by atoms with E-state index >= 15 is 0 Å². The van der Waals surface area contributed by atoms with Gasteiger partial charge in [0.2, 0.25) is 11.7 Å². The minimum Gasteiger partial charge on any atom is -0.338 e. The Morgan fingerprint density at radius 2 is 2.00 bits per heavy atom. The highest BCUT2D eigenvalue weighted by atomic mass is 19.1. The van der Waals surface area contributed by atoms with Crippen molar-refractivity contribution in [2.75, 3.05) is 6.54 Å². The Bertz CT molecular complexity index is 519. The molecular weight excluding hydrogens is 263 g/mol. The molecule has 1 fully saturated rings. The number of halogens is 1. The molecule has 20 heavy (non-hydrogen) atoms. The van der Waals surface area contributed by atoms with Gasteiger partial charge in [-0.3, -0.25) is 14.9 Å². The van der Waals surface area contributed by atoms with E-state index in [2.05, 4.69) is 0 Å². The van der Waals surface area contributed by atoms with E-state index in [1.165, 1.54) is 6.07 Å². The molecule has 0 unspecified atom stereocenters. The Morgan fingerprint density at radius 3 is 2.70 bits per heavy atom. The van der Waals surface area contributed by atoms with Crippen molar-refractivity contribution in [3.8, 4) is 0 Å². The van der Waals surface area contributed by atoms with Crippen molar-refractivity contribution in [2.45, 2.75) is 38.6 Å². The molecular formula is C14H17FN2O3. The second-order valence-corrected chi connectivity index (χ2v) is 5.02. The van der Waals surface area contributed by atoms with E-state index < -0.39 is 16.4 Å². The molecule has 5 nitrogen and oxygen atoms in total. The summed E-state index contributed by atoms with van der Waals surface area (Å²) in [6.07, 6.45) is 4.53. The Labute approximate surface area is 116 Å². The molecule has 1 aromatic carbocycles. The number of likely N-dealkylation sites (tertiary alicyclic amines) is 1. The average Bonchev–Trinajstić information content (AvgIpc) is 2.38. The molecule has 108 valence electrons. The Morgan fingerprint density at radius 1 is 1.25 bits per heavy atom. The number of amides is 1. The van der Waals surface area contributed by atoms with Crippen LogP contribution in [0.25, 0.3) is 0 Å². The number of carbonyl (C=O) groups is 1. The molecule has 1 aliphatic rings. The van der Waals surface area contributed by atoms with Crippen molar-refractivity contribution in [1.29, 1.82) is 0 Å². The number of benzene rings is 1. The highest BCUT2D eigenvalue weighted by Crippen LogP contribution is 2.20. The molecule has 1 saturated heterocycles. The molecule has 0 aromatic heterocycles. The topological polar surface area (TPSA) is 63.5 Å². The van der Waals surface area contributed by atoms with Gasteiger partial charge >= 0.3 is 5.69 Å². The monoisotopic (exact) mass is 280 g/mol. The van der Waals surface area contributed by atoms with Crippen molar-refractivity contribution in [1.82, 2.24) is 4.90 Å². The van der Waals surface area contributed by atoms with Crippen LogP contribution in [0.15, 0.2) is 18.2 Å². The number of carbonyl (C=O) groups excluding carboxylic acids is 1. The molecule has 0 N–H and O–H groups in total. The van der Waals surface area contributed by atoms with Crippen LogP contribution in [-0.2, 0) is 11.3 Å². The first-order valence-corrected chi connectivity index (χ1v) is 6.78. The Hall–Kier alpha value is -1.98. The van der Waals surface area contributed by atoms with Crippen molar-refractivity contribution in [2.24, 2.45) is 0 Å². The number of hydrogen-bond donors (Lipinski definition) is 0. The predicted molar refractivity (Wildman–Crippen MR) is 71.6 cm³/mol. The van der Waals surface area contributed by atoms with Crippen molar-refractivity contribution in [3.63, 3.8) is 0 Å². The van der Waals surface area contributed by atoms with Crippen LogP contribution in [0.4, 0.5) is 10.1 Å². The summed E-state index contributed by atoms with van der Waals surface area (Å²) in [5.41, 5.74) is 0.0507. The lowest BCUT2D eigenvalue weighted by atomic mass is 10.1. The maximum absolute atomic E-state index is 13.6. The van der Waals surface area contributed by atoms with Crippen LogP contribution >= 0.6 is 0 Å². The number of nitro groups is 1. The highest BCUT2D eigenvalue weighted by molar-refractivity contribution is 5.76. The van der Waals surface area contributed by atoms with E-state index in [0.29, 0.717) is 25.1 Å². The van der Waals surface area contributed by atoms with Crippen LogP contribution in [0.2, 0.25) is 0 Å². The second-order valence-electron chi connectivity index (χ2n) is 5.02. The lowest BCUT2D eigenvalue weighted by molar-refractivity contribution is -0.387. The predicted octanol–water partition coefficient (Wildman–Crippen LogP) is 3.03. The molecule has 0 atom stereocenters. The van der Waals surface area contributed by atoms with Gasteiger partial charge in [-0.25, -0.2) is 0 Å². The van der Waals surface area contributed by atoms with E-state index in [4.69, 9.17) is 0 Å². The minimum absolute atomic E-state index is 0.0726. The van der Waals surface area contributed by atoms with E-state index in [9.17, 15) is 19.3 Å². The molecule has 2 rings (SSSR count). The van der Waals surface area contributed by atoms with Gasteiger partial charge in [-0.15, -0.1) is 0 Å². The Kier molecular flexibility index (Phi) is 4.65. The van der Waals surface area contributed by atoms with Gasteiger partial charge in [0.05, 0.1) is 4.92 Å². The summed E-state index contributed by atoms with van der Waals surface area (Å²) < 4.78 is 13.6. The smallest absolute Gasteiger partial charge is 0.304 e. The van der Waals surface area contributed by atoms with Crippen LogP contribution in [0.5, 0.6) is 0 Å². The lowest BCUT2D eigenvalue weighted by Gasteiger charge is -2.24. The zero-order valence-corrected chi connectivity index (χ0v) is 11.2. The van der Waals surface area contributed by atoms with E-state index in [1.54, 1.807) is 4.90 Å². The normalized spacial score (nSPS) is 16.6. The van der Waals surface area contributed by atoms with E-state index in [1.807, 2.05) is 0 Å². The van der Waals surface area contributed by atoms with Crippen molar-refractivity contribution < 1.29 is 14.1 Å². The number of nitro benzene ring substituents is 1. The maximum Gasteiger partial charge on any atom is 0.304 e. The van der Waals surface area contributed by atoms with E-state index in [-0.39, 0.29) is 5.91 Å². The molecule has 1 heterocycles. The van der Waals surface area contributed by atoms with Gasteiger partial charge in [0, 0.05) is 25.6 Å². The van der Waals surface area contributed by atoms with Gasteiger partial charge in [0.25, 0.3) is 0 Å². The zero-order chi connectivity index (χ0) is 14.5. The summed E-state index contributed by atoms with van der Waals surface area (Å²) in [5, 5.41) is 10.6. The number of nitrogens with zero attached hydrogens (tertiary/aromatic N) is 2. The van der Waals surface area contributed by atoms with Gasteiger partial charge < -0.3 is 4.90 Å². The molecule has 1 amide bonds. The molecule has 0 spiro atoms. The van der Waals surface area contributed by atoms with Gasteiger partial charge in [-0.2, -0.15) is 4.39 Å². The van der Waals surface area contributed by atoms with Crippen LogP contribution in [-0.4, -0.2) is 22.3 Å². The first-order chi connectivity index (χ1) is 9.58. The summed E-state index contributed by atoms with van der Waals surface area (Å²) in [6, 6.07) is 3.80. The highest BCUT2D eigenvalue weighted by Gasteiger charge is 2.18. The molecule has 6 heteroatoms. The zero-order valence-electron chi connectivity index (χ0n) is 11.2. The molecule has 1 aliphatic heterocycles. The SMILES string of the molecule is O=C1CCCCCCN1Cc1ccc([N+](=O)[O-])c(F)c1. The van der Waals surface area contributed by atoms with Gasteiger partial charge in [0.15, 0.2) is 0 Å². The van der Waals surface area contributed by atoms with E-state index in [0.717, 1.165) is 37.8 Å². The van der Waals surface area contributed by atoms with Crippen LogP contribution < -0.4 is 0 Å². The Balaban J connectivity index is 2.09. The third-order valence-electron chi connectivity index (χ3n) is 3.50. The largest absolute Gasteiger partial charge is 0.338 e. The molecule has 0 saturated carbocycles. The standard InChI is InChI=1S/C14H17FN2O3/c15-12-9-11(6-7-13(12)17(19)20)10-16-8-4-2-1-3-5-14(16)18/h6-7,9H,1-5,8,10H2. The summed E-state index contributed by atoms with van der Waals surface area (Å²) in [7, 11) is 0. The average molecular weight is 280 g/mol. The minimum atomic E-state index is -0.855. The number of hydrogen-bond acceptors (Lipinski definition) is 3. The van der Waals surface area contributed by atoms with Gasteiger partial charge in [-0.1, -0.05) is 18.9 Å². The fourth-order valence-corrected chi connectivity index (χ4v) is 2.40. The fraction of sp³-hybridized carbons (Fsp3) is 0.500. The van der Waals surface area contributed by atoms with Crippen molar-refractivity contribution >= 4 is 11.6 Å². The molecule has 0 radical (unpaired) electrons.